The number of aromatic nitrogens is 2. The summed E-state index contributed by atoms with van der Waals surface area (Å²) in [6.07, 6.45) is 4.17. The van der Waals surface area contributed by atoms with Crippen molar-refractivity contribution in [2.45, 2.75) is 16.2 Å². The van der Waals surface area contributed by atoms with Gasteiger partial charge in [-0.25, -0.2) is 25.5 Å². The molecule has 0 amide bonds. The van der Waals surface area contributed by atoms with Gasteiger partial charge < -0.3 is 4.90 Å². The number of rotatable bonds is 7. The van der Waals surface area contributed by atoms with E-state index in [2.05, 4.69) is 9.82 Å². The summed E-state index contributed by atoms with van der Waals surface area (Å²) >= 11 is 5.85. The quantitative estimate of drug-likeness (QED) is 0.480. The van der Waals surface area contributed by atoms with Crippen molar-refractivity contribution in [2.24, 2.45) is 7.05 Å². The molecule has 1 aliphatic heterocycles. The summed E-state index contributed by atoms with van der Waals surface area (Å²) in [7, 11) is -3.25. The Kier molecular flexibility index (Phi) is 7.15. The molecule has 0 spiro atoms. The predicted octanol–water partition coefficient (Wildman–Crippen LogP) is 3.56. The third-order valence-corrected chi connectivity index (χ3v) is 9.20. The van der Waals surface area contributed by atoms with Crippen LogP contribution < -0.4 is 9.62 Å². The summed E-state index contributed by atoms with van der Waals surface area (Å²) in [6, 6.07) is 9.51. The van der Waals surface area contributed by atoms with Crippen LogP contribution in [-0.4, -0.2) is 58.1 Å². The highest BCUT2D eigenvalue weighted by molar-refractivity contribution is 7.92. The standard InChI is InChI=1S/C23H25ClFN5O4S2/c1-28(2)36(33,34)19-7-5-18(6-8-19)35(31,32)27-23-20(15-29(3)26-23)16-10-12-30(13-11-16)22-9-4-17(24)14-21(22)25/h4-10,14-15H,11-13H2,1-3H3,(H,26,27). The molecule has 0 aliphatic carbocycles. The van der Waals surface area contributed by atoms with Crippen LogP contribution in [0.5, 0.6) is 0 Å². The van der Waals surface area contributed by atoms with Crippen LogP contribution >= 0.6 is 11.6 Å². The lowest BCUT2D eigenvalue weighted by Gasteiger charge is -2.28. The fourth-order valence-corrected chi connectivity index (χ4v) is 5.93. The molecule has 1 aromatic heterocycles. The third kappa shape index (κ3) is 5.26. The number of anilines is 2. The molecule has 3 aromatic rings. The van der Waals surface area contributed by atoms with Gasteiger partial charge in [0.2, 0.25) is 10.0 Å². The lowest BCUT2D eigenvalue weighted by Crippen LogP contribution is -2.29. The lowest BCUT2D eigenvalue weighted by molar-refractivity contribution is 0.520. The maximum atomic E-state index is 14.3. The maximum Gasteiger partial charge on any atom is 0.263 e. The van der Waals surface area contributed by atoms with Gasteiger partial charge in [-0.2, -0.15) is 5.10 Å². The number of nitrogens with one attached hydrogen (secondary N) is 1. The van der Waals surface area contributed by atoms with Crippen LogP contribution in [0.2, 0.25) is 5.02 Å². The van der Waals surface area contributed by atoms with E-state index in [9.17, 15) is 21.2 Å². The molecule has 9 nitrogen and oxygen atoms in total. The molecule has 0 saturated carbocycles. The van der Waals surface area contributed by atoms with Crippen LogP contribution in [0.4, 0.5) is 15.9 Å². The number of aryl methyl sites for hydroxylation is 1. The van der Waals surface area contributed by atoms with Gasteiger partial charge in [-0.1, -0.05) is 17.7 Å². The number of nitrogens with zero attached hydrogens (tertiary/aromatic N) is 4. The van der Waals surface area contributed by atoms with Crippen LogP contribution in [0.25, 0.3) is 5.57 Å². The first-order valence-corrected chi connectivity index (χ1v) is 14.2. The topological polar surface area (TPSA) is 105 Å². The van der Waals surface area contributed by atoms with Gasteiger partial charge in [-0.15, -0.1) is 0 Å². The molecule has 0 atom stereocenters. The summed E-state index contributed by atoms with van der Waals surface area (Å²) in [6.45, 7) is 0.948. The molecular weight excluding hydrogens is 529 g/mol. The van der Waals surface area contributed by atoms with Crippen molar-refractivity contribution in [3.05, 3.63) is 71.1 Å². The monoisotopic (exact) mass is 553 g/mol. The zero-order chi connectivity index (χ0) is 26.3. The average molecular weight is 554 g/mol. The van der Waals surface area contributed by atoms with Crippen molar-refractivity contribution >= 4 is 48.7 Å². The average Bonchev–Trinajstić information content (AvgIpc) is 3.18. The minimum absolute atomic E-state index is 0.0148. The minimum atomic E-state index is -4.04. The number of hydrogen-bond acceptors (Lipinski definition) is 6. The molecule has 1 aliphatic rings. The van der Waals surface area contributed by atoms with Crippen LogP contribution in [0.3, 0.4) is 0 Å². The van der Waals surface area contributed by atoms with Crippen LogP contribution in [0.1, 0.15) is 12.0 Å². The number of hydrogen-bond donors (Lipinski definition) is 1. The van der Waals surface area contributed by atoms with Crippen molar-refractivity contribution in [2.75, 3.05) is 36.8 Å². The van der Waals surface area contributed by atoms with Gasteiger partial charge in [0, 0.05) is 51.0 Å². The van der Waals surface area contributed by atoms with E-state index in [4.69, 9.17) is 11.6 Å². The summed E-state index contributed by atoms with van der Waals surface area (Å²) in [5.41, 5.74) is 1.93. The molecule has 0 fully saturated rings. The Morgan fingerprint density at radius 2 is 1.72 bits per heavy atom. The van der Waals surface area contributed by atoms with E-state index in [1.807, 2.05) is 11.0 Å². The van der Waals surface area contributed by atoms with E-state index in [-0.39, 0.29) is 15.6 Å². The highest BCUT2D eigenvalue weighted by atomic mass is 35.5. The fraction of sp³-hybridized carbons (Fsp3) is 0.261. The fourth-order valence-electron chi connectivity index (χ4n) is 3.86. The van der Waals surface area contributed by atoms with Crippen molar-refractivity contribution < 1.29 is 21.2 Å². The van der Waals surface area contributed by atoms with Gasteiger partial charge in [-0.05, 0) is 54.5 Å². The van der Waals surface area contributed by atoms with Crippen molar-refractivity contribution in [1.29, 1.82) is 0 Å². The zero-order valence-corrected chi connectivity index (χ0v) is 22.2. The van der Waals surface area contributed by atoms with E-state index in [1.165, 1.54) is 49.1 Å². The largest absolute Gasteiger partial charge is 0.365 e. The van der Waals surface area contributed by atoms with Gasteiger partial charge in [0.15, 0.2) is 5.82 Å². The molecule has 0 saturated heterocycles. The van der Waals surface area contributed by atoms with E-state index < -0.39 is 25.9 Å². The normalized spacial score (nSPS) is 14.7. The highest BCUT2D eigenvalue weighted by Crippen LogP contribution is 2.32. The van der Waals surface area contributed by atoms with Gasteiger partial charge in [0.05, 0.1) is 15.5 Å². The first kappa shape index (κ1) is 26.1. The first-order chi connectivity index (χ1) is 16.9. The smallest absolute Gasteiger partial charge is 0.263 e. The van der Waals surface area contributed by atoms with Crippen molar-refractivity contribution in [1.82, 2.24) is 14.1 Å². The maximum absolute atomic E-state index is 14.3. The third-order valence-electron chi connectivity index (χ3n) is 5.78. The summed E-state index contributed by atoms with van der Waals surface area (Å²) in [4.78, 5) is 1.76. The molecule has 1 N–H and O–H groups in total. The second kappa shape index (κ2) is 9.85. The Morgan fingerprint density at radius 3 is 2.31 bits per heavy atom. The van der Waals surface area contributed by atoms with E-state index in [0.717, 1.165) is 9.88 Å². The SMILES string of the molecule is CN(C)S(=O)(=O)c1ccc(S(=O)(=O)Nc2nn(C)cc2C2=CCN(c3ccc(Cl)cc3F)CC2)cc1. The van der Waals surface area contributed by atoms with E-state index in [0.29, 0.717) is 35.8 Å². The Morgan fingerprint density at radius 1 is 1.06 bits per heavy atom. The molecule has 0 unspecified atom stereocenters. The predicted molar refractivity (Wildman–Crippen MR) is 138 cm³/mol. The Balaban J connectivity index is 1.56. The van der Waals surface area contributed by atoms with Gasteiger partial charge in [0.1, 0.15) is 5.82 Å². The van der Waals surface area contributed by atoms with Crippen molar-refractivity contribution in [3.8, 4) is 0 Å². The molecule has 192 valence electrons. The number of sulfonamides is 2. The molecule has 2 aromatic carbocycles. The summed E-state index contributed by atoms with van der Waals surface area (Å²) in [5, 5.41) is 4.60. The highest BCUT2D eigenvalue weighted by Gasteiger charge is 2.24. The Bertz CT molecular complexity index is 1530. The molecule has 36 heavy (non-hydrogen) atoms. The Hall–Kier alpha value is -2.93. The van der Waals surface area contributed by atoms with Crippen molar-refractivity contribution in [3.63, 3.8) is 0 Å². The van der Waals surface area contributed by atoms with Crippen LogP contribution in [0.15, 0.2) is 64.5 Å². The molecule has 13 heteroatoms. The van der Waals surface area contributed by atoms with E-state index in [1.54, 1.807) is 25.4 Å². The van der Waals surface area contributed by atoms with Crippen LogP contribution in [-0.2, 0) is 27.1 Å². The second-order valence-corrected chi connectivity index (χ2v) is 12.7. The van der Waals surface area contributed by atoms with E-state index >= 15 is 0 Å². The van der Waals surface area contributed by atoms with Gasteiger partial charge >= 0.3 is 0 Å². The number of halogens is 2. The van der Waals surface area contributed by atoms with Crippen LogP contribution in [0, 0.1) is 5.82 Å². The molecule has 4 rings (SSSR count). The minimum Gasteiger partial charge on any atom is -0.365 e. The zero-order valence-electron chi connectivity index (χ0n) is 19.8. The second-order valence-electron chi connectivity index (χ2n) is 8.45. The first-order valence-electron chi connectivity index (χ1n) is 10.9. The summed E-state index contributed by atoms with van der Waals surface area (Å²) < 4.78 is 70.0. The molecule has 2 heterocycles. The molecule has 0 radical (unpaired) electrons. The Labute approximate surface area is 214 Å². The van der Waals surface area contributed by atoms with Gasteiger partial charge in [-0.3, -0.25) is 9.40 Å². The van der Waals surface area contributed by atoms with Gasteiger partial charge in [0.25, 0.3) is 10.0 Å². The number of benzene rings is 2. The molecular formula is C23H25ClFN5O4S2. The summed E-state index contributed by atoms with van der Waals surface area (Å²) in [5.74, 6) is -0.251. The molecule has 0 bridgehead atoms. The lowest BCUT2D eigenvalue weighted by atomic mass is 10.0.